The van der Waals surface area contributed by atoms with Crippen LogP contribution in [0.5, 0.6) is 0 Å². The molecule has 20 heavy (non-hydrogen) atoms. The maximum absolute atomic E-state index is 12.0. The number of aryl methyl sites for hydroxylation is 1. The largest absolute Gasteiger partial charge is 0.370 e. The summed E-state index contributed by atoms with van der Waals surface area (Å²) < 4.78 is 0. The zero-order valence-electron chi connectivity index (χ0n) is 12.4. The maximum Gasteiger partial charge on any atom is 0.164 e. The fourth-order valence-electron chi connectivity index (χ4n) is 2.36. The normalized spacial score (nSPS) is 10.3. The van der Waals surface area contributed by atoms with Crippen molar-refractivity contribution >= 4 is 11.5 Å². The first-order valence-corrected chi connectivity index (χ1v) is 7.01. The molecule has 0 amide bonds. The van der Waals surface area contributed by atoms with E-state index in [0.29, 0.717) is 6.42 Å². The number of nitrogens with zero attached hydrogens (tertiary/aromatic N) is 1. The van der Waals surface area contributed by atoms with Crippen molar-refractivity contribution in [2.45, 2.75) is 26.8 Å². The van der Waals surface area contributed by atoms with Crippen LogP contribution in [0.2, 0.25) is 0 Å². The van der Waals surface area contributed by atoms with E-state index >= 15 is 0 Å². The zero-order chi connectivity index (χ0) is 14.5. The molecule has 0 aliphatic rings. The summed E-state index contributed by atoms with van der Waals surface area (Å²) in [5.74, 6) is 0.192. The second-order valence-electron chi connectivity index (χ2n) is 5.08. The summed E-state index contributed by atoms with van der Waals surface area (Å²) in [5, 5.41) is 0. The highest BCUT2D eigenvalue weighted by atomic mass is 16.1. The lowest BCUT2D eigenvalue weighted by Crippen LogP contribution is -2.19. The van der Waals surface area contributed by atoms with Crippen molar-refractivity contribution in [3.63, 3.8) is 0 Å². The molecule has 0 N–H and O–H groups in total. The van der Waals surface area contributed by atoms with Gasteiger partial charge in [-0.25, -0.2) is 0 Å². The number of carbonyl (C=O) groups is 1. The topological polar surface area (TPSA) is 20.3 Å². The Kier molecular flexibility index (Phi) is 4.57. The van der Waals surface area contributed by atoms with Gasteiger partial charge in [0.1, 0.15) is 0 Å². The summed E-state index contributed by atoms with van der Waals surface area (Å²) >= 11 is 0. The first-order chi connectivity index (χ1) is 9.63. The quantitative estimate of drug-likeness (QED) is 0.756. The van der Waals surface area contributed by atoms with Crippen molar-refractivity contribution in [3.8, 4) is 0 Å². The Labute approximate surface area is 121 Å². The van der Waals surface area contributed by atoms with E-state index in [-0.39, 0.29) is 5.78 Å². The van der Waals surface area contributed by atoms with Gasteiger partial charge >= 0.3 is 0 Å². The molecule has 0 aliphatic carbocycles. The van der Waals surface area contributed by atoms with Crippen molar-refractivity contribution in [3.05, 3.63) is 65.2 Å². The predicted octanol–water partition coefficient (Wildman–Crippen LogP) is 4.22. The number of anilines is 1. The second kappa shape index (κ2) is 6.38. The van der Waals surface area contributed by atoms with Crippen LogP contribution in [0.25, 0.3) is 0 Å². The van der Waals surface area contributed by atoms with Crippen molar-refractivity contribution in [1.82, 2.24) is 0 Å². The highest BCUT2D eigenvalue weighted by molar-refractivity contribution is 6.01. The third-order valence-electron chi connectivity index (χ3n) is 3.61. The molecule has 0 bridgehead atoms. The van der Waals surface area contributed by atoms with Crippen LogP contribution in [0.1, 0.15) is 34.8 Å². The molecule has 0 saturated heterocycles. The van der Waals surface area contributed by atoms with E-state index in [1.165, 1.54) is 11.1 Å². The molecule has 0 fully saturated rings. The lowest BCUT2D eigenvalue weighted by molar-refractivity contribution is 0.0988. The van der Waals surface area contributed by atoms with E-state index < -0.39 is 0 Å². The van der Waals surface area contributed by atoms with Crippen LogP contribution in [0.15, 0.2) is 48.5 Å². The summed E-state index contributed by atoms with van der Waals surface area (Å²) in [4.78, 5) is 14.2. The molecule has 0 unspecified atom stereocenters. The highest BCUT2D eigenvalue weighted by Crippen LogP contribution is 2.23. The van der Waals surface area contributed by atoms with E-state index in [1.807, 2.05) is 44.3 Å². The standard InChI is InChI=1S/C18H21NO/c1-4-18(20)16-11-7-8-12-17(16)19(3)13-15-10-6-5-9-14(15)2/h5-12H,4,13H2,1-3H3. The fourth-order valence-corrected chi connectivity index (χ4v) is 2.36. The molecule has 0 radical (unpaired) electrons. The molecular weight excluding hydrogens is 246 g/mol. The number of carbonyl (C=O) groups excluding carboxylic acids is 1. The van der Waals surface area contributed by atoms with E-state index in [9.17, 15) is 4.79 Å². The van der Waals surface area contributed by atoms with Gasteiger partial charge in [-0.2, -0.15) is 0 Å². The smallest absolute Gasteiger partial charge is 0.164 e. The number of Topliss-reactive ketones (excluding diaryl/α,β-unsaturated/α-hetero) is 1. The minimum Gasteiger partial charge on any atom is -0.370 e. The van der Waals surface area contributed by atoms with Gasteiger partial charge in [-0.15, -0.1) is 0 Å². The Morgan fingerprint density at radius 2 is 1.70 bits per heavy atom. The Bertz CT molecular complexity index is 604. The van der Waals surface area contributed by atoms with Gasteiger partial charge in [-0.1, -0.05) is 43.3 Å². The molecule has 2 aromatic carbocycles. The van der Waals surface area contributed by atoms with Crippen LogP contribution >= 0.6 is 0 Å². The van der Waals surface area contributed by atoms with Crippen molar-refractivity contribution < 1.29 is 4.79 Å². The molecule has 0 aromatic heterocycles. The molecule has 2 aromatic rings. The molecular formula is C18H21NO. The average Bonchev–Trinajstić information content (AvgIpc) is 2.48. The summed E-state index contributed by atoms with van der Waals surface area (Å²) in [5.41, 5.74) is 4.38. The lowest BCUT2D eigenvalue weighted by atomic mass is 10.0. The summed E-state index contributed by atoms with van der Waals surface area (Å²) in [6.07, 6.45) is 0.537. The van der Waals surface area contributed by atoms with Gasteiger partial charge in [0.15, 0.2) is 5.78 Å². The molecule has 0 saturated carbocycles. The number of hydrogen-bond acceptors (Lipinski definition) is 2. The first-order valence-electron chi connectivity index (χ1n) is 7.01. The number of para-hydroxylation sites is 1. The van der Waals surface area contributed by atoms with Crippen LogP contribution in [-0.4, -0.2) is 12.8 Å². The van der Waals surface area contributed by atoms with Gasteiger partial charge in [-0.3, -0.25) is 4.79 Å². The lowest BCUT2D eigenvalue weighted by Gasteiger charge is -2.23. The number of hydrogen-bond donors (Lipinski definition) is 0. The van der Waals surface area contributed by atoms with Crippen molar-refractivity contribution in [2.24, 2.45) is 0 Å². The van der Waals surface area contributed by atoms with Crippen LogP contribution in [-0.2, 0) is 6.54 Å². The predicted molar refractivity (Wildman–Crippen MR) is 84.3 cm³/mol. The SMILES string of the molecule is CCC(=O)c1ccccc1N(C)Cc1ccccc1C. The number of ketones is 1. The third kappa shape index (κ3) is 3.08. The van der Waals surface area contributed by atoms with E-state index in [2.05, 4.69) is 30.0 Å². The van der Waals surface area contributed by atoms with Crippen LogP contribution < -0.4 is 4.90 Å². The Balaban J connectivity index is 2.28. The van der Waals surface area contributed by atoms with Crippen molar-refractivity contribution in [2.75, 3.05) is 11.9 Å². The van der Waals surface area contributed by atoms with Gasteiger partial charge < -0.3 is 4.90 Å². The van der Waals surface area contributed by atoms with Gasteiger partial charge in [-0.05, 0) is 30.2 Å². The van der Waals surface area contributed by atoms with E-state index in [0.717, 1.165) is 17.8 Å². The fraction of sp³-hybridized carbons (Fsp3) is 0.278. The molecule has 0 atom stereocenters. The summed E-state index contributed by atoms with van der Waals surface area (Å²) in [7, 11) is 2.04. The van der Waals surface area contributed by atoms with Gasteiger partial charge in [0.25, 0.3) is 0 Å². The van der Waals surface area contributed by atoms with Crippen LogP contribution in [0.4, 0.5) is 5.69 Å². The summed E-state index contributed by atoms with van der Waals surface area (Å²) in [6.45, 7) is 4.83. The third-order valence-corrected chi connectivity index (χ3v) is 3.61. The minimum atomic E-state index is 0.192. The van der Waals surface area contributed by atoms with Crippen LogP contribution in [0, 0.1) is 6.92 Å². The van der Waals surface area contributed by atoms with Crippen LogP contribution in [0.3, 0.4) is 0 Å². The molecule has 0 spiro atoms. The number of benzene rings is 2. The molecule has 0 heterocycles. The van der Waals surface area contributed by atoms with Crippen molar-refractivity contribution in [1.29, 1.82) is 0 Å². The molecule has 0 aliphatic heterocycles. The summed E-state index contributed by atoms with van der Waals surface area (Å²) in [6, 6.07) is 16.2. The molecule has 2 nitrogen and oxygen atoms in total. The minimum absolute atomic E-state index is 0.192. The Morgan fingerprint density at radius 3 is 2.40 bits per heavy atom. The Hall–Kier alpha value is -2.09. The van der Waals surface area contributed by atoms with E-state index in [4.69, 9.17) is 0 Å². The second-order valence-corrected chi connectivity index (χ2v) is 5.08. The first kappa shape index (κ1) is 14.3. The number of rotatable bonds is 5. The Morgan fingerprint density at radius 1 is 1.05 bits per heavy atom. The molecule has 2 rings (SSSR count). The maximum atomic E-state index is 12.0. The molecule has 104 valence electrons. The van der Waals surface area contributed by atoms with Gasteiger partial charge in [0.05, 0.1) is 0 Å². The zero-order valence-corrected chi connectivity index (χ0v) is 12.4. The average molecular weight is 267 g/mol. The van der Waals surface area contributed by atoms with Gasteiger partial charge in [0.2, 0.25) is 0 Å². The molecule has 2 heteroatoms. The van der Waals surface area contributed by atoms with Gasteiger partial charge in [0, 0.05) is 31.3 Å². The highest BCUT2D eigenvalue weighted by Gasteiger charge is 2.12. The monoisotopic (exact) mass is 267 g/mol. The van der Waals surface area contributed by atoms with E-state index in [1.54, 1.807) is 0 Å².